The van der Waals surface area contributed by atoms with Gasteiger partial charge in [0.2, 0.25) is 11.9 Å². The molecule has 0 saturated heterocycles. The van der Waals surface area contributed by atoms with Crippen LogP contribution >= 0.6 is 0 Å². The second kappa shape index (κ2) is 20.4. The maximum Gasteiger partial charge on any atom is 0.416 e. The first-order valence-electron chi connectivity index (χ1n) is 23.3. The average molecular weight is 971 g/mol. The van der Waals surface area contributed by atoms with E-state index in [1.54, 1.807) is 12.2 Å². The number of aromatic nitrogens is 4. The van der Waals surface area contributed by atoms with Crippen molar-refractivity contribution in [2.75, 3.05) is 24.9 Å². The fraction of sp³-hybridized carbons (Fsp3) is 0.407. The van der Waals surface area contributed by atoms with E-state index in [2.05, 4.69) is 70.8 Å². The van der Waals surface area contributed by atoms with Gasteiger partial charge in [-0.25, -0.2) is 19.6 Å². The molecule has 2 N–H and O–H groups in total. The maximum atomic E-state index is 13.0. The monoisotopic (exact) mass is 970 g/mol. The summed E-state index contributed by atoms with van der Waals surface area (Å²) in [5.41, 5.74) is 4.94. The Bertz CT molecular complexity index is 2680. The van der Waals surface area contributed by atoms with Gasteiger partial charge in [0, 0.05) is 35.6 Å². The first-order valence-corrected chi connectivity index (χ1v) is 23.3. The Kier molecular flexibility index (Phi) is 14.9. The smallest absolute Gasteiger partial charge is 0.416 e. The van der Waals surface area contributed by atoms with Crippen LogP contribution in [0.15, 0.2) is 97.1 Å². The highest BCUT2D eigenvalue weighted by molar-refractivity contribution is 5.90. The number of imidazole rings is 2. The van der Waals surface area contributed by atoms with E-state index in [1.165, 1.54) is 50.6 Å². The van der Waals surface area contributed by atoms with Crippen LogP contribution in [0.4, 0.5) is 49.6 Å². The van der Waals surface area contributed by atoms with Gasteiger partial charge < -0.3 is 29.2 Å². The van der Waals surface area contributed by atoms with Crippen molar-refractivity contribution in [2.45, 2.75) is 105 Å². The summed E-state index contributed by atoms with van der Waals surface area (Å²) in [5, 5.41) is 6.50. The standard InChI is InChI=1S/2C27H30F3N3O2/c2*1-17-13-21(16-26(2,3)15-17)33-23-11-5-18(6-12-24(34)35-4)14-22(23)32-25(33)31-20-9-7-19(8-10-20)27(28,29)30/h2*5-12,14,17,21H,13,15-16H2,1-4H3,(H,31,32)/b2*12-6+/t2*17-,21+/m10/s1. The van der Waals surface area contributed by atoms with E-state index < -0.39 is 35.4 Å². The summed E-state index contributed by atoms with van der Waals surface area (Å²) in [6, 6.07) is 21.9. The number of anilines is 4. The van der Waals surface area contributed by atoms with Crippen LogP contribution in [-0.4, -0.2) is 45.3 Å². The number of hydrogen-bond donors (Lipinski definition) is 2. The third-order valence-corrected chi connectivity index (χ3v) is 13.0. The van der Waals surface area contributed by atoms with Gasteiger partial charge in [0.15, 0.2) is 0 Å². The molecule has 4 atom stereocenters. The number of nitrogens with one attached hydrogen (secondary N) is 2. The highest BCUT2D eigenvalue weighted by atomic mass is 19.4. The number of alkyl halides is 6. The molecule has 0 radical (unpaired) electrons. The van der Waals surface area contributed by atoms with Crippen molar-refractivity contribution >= 4 is 69.4 Å². The third-order valence-electron chi connectivity index (χ3n) is 13.0. The predicted molar refractivity (Wildman–Crippen MR) is 263 cm³/mol. The van der Waals surface area contributed by atoms with Crippen LogP contribution in [0.3, 0.4) is 0 Å². The second-order valence-corrected chi connectivity index (χ2v) is 20.4. The van der Waals surface area contributed by atoms with Crippen LogP contribution in [0, 0.1) is 22.7 Å². The van der Waals surface area contributed by atoms with Crippen molar-refractivity contribution in [2.24, 2.45) is 22.7 Å². The molecule has 0 spiro atoms. The van der Waals surface area contributed by atoms with E-state index in [0.29, 0.717) is 35.1 Å². The van der Waals surface area contributed by atoms with E-state index in [-0.39, 0.29) is 22.9 Å². The number of benzene rings is 4. The fourth-order valence-electron chi connectivity index (χ4n) is 10.5. The highest BCUT2D eigenvalue weighted by Crippen LogP contribution is 2.48. The summed E-state index contributed by atoms with van der Waals surface area (Å²) < 4.78 is 91.7. The summed E-state index contributed by atoms with van der Waals surface area (Å²) in [7, 11) is 2.65. The van der Waals surface area contributed by atoms with Crippen LogP contribution in [0.5, 0.6) is 0 Å². The van der Waals surface area contributed by atoms with Crippen LogP contribution in [0.1, 0.15) is 114 Å². The molecule has 6 aromatic rings. The topological polar surface area (TPSA) is 112 Å². The fourth-order valence-corrected chi connectivity index (χ4v) is 10.5. The molecular weight excluding hydrogens is 911 g/mol. The largest absolute Gasteiger partial charge is 0.466 e. The Morgan fingerprint density at radius 1 is 0.586 bits per heavy atom. The molecular formula is C54H60F6N6O4. The number of carbonyl (C=O) groups is 2. The molecule has 372 valence electrons. The quantitative estimate of drug-likeness (QED) is 0.0793. The second-order valence-electron chi connectivity index (χ2n) is 20.4. The lowest BCUT2D eigenvalue weighted by Crippen LogP contribution is -2.29. The van der Waals surface area contributed by atoms with Crippen molar-refractivity contribution in [3.05, 3.63) is 119 Å². The van der Waals surface area contributed by atoms with E-state index in [1.807, 2.05) is 36.4 Å². The summed E-state index contributed by atoms with van der Waals surface area (Å²) in [5.74, 6) is 1.34. The highest BCUT2D eigenvalue weighted by Gasteiger charge is 2.37. The molecule has 2 aliphatic carbocycles. The lowest BCUT2D eigenvalue weighted by atomic mass is 9.70. The summed E-state index contributed by atoms with van der Waals surface area (Å²) in [4.78, 5) is 32.6. The van der Waals surface area contributed by atoms with E-state index >= 15 is 0 Å². The van der Waals surface area contributed by atoms with Gasteiger partial charge in [-0.2, -0.15) is 26.3 Å². The van der Waals surface area contributed by atoms with Gasteiger partial charge in [-0.05, 0) is 157 Å². The predicted octanol–water partition coefficient (Wildman–Crippen LogP) is 14.7. The van der Waals surface area contributed by atoms with Gasteiger partial charge in [0.25, 0.3) is 0 Å². The average Bonchev–Trinajstić information content (AvgIpc) is 3.82. The Morgan fingerprint density at radius 3 is 1.26 bits per heavy atom. The number of nitrogens with zero attached hydrogens (tertiary/aromatic N) is 4. The third kappa shape index (κ3) is 12.6. The van der Waals surface area contributed by atoms with Gasteiger partial charge in [0.1, 0.15) is 0 Å². The lowest BCUT2D eigenvalue weighted by Gasteiger charge is -2.40. The van der Waals surface area contributed by atoms with Crippen LogP contribution < -0.4 is 10.6 Å². The molecule has 2 saturated carbocycles. The zero-order chi connectivity index (χ0) is 50.8. The van der Waals surface area contributed by atoms with Crippen LogP contribution in [-0.2, 0) is 31.4 Å². The number of methoxy groups -OCH3 is 2. The van der Waals surface area contributed by atoms with Gasteiger partial charge in [-0.1, -0.05) is 53.7 Å². The molecule has 2 heterocycles. The van der Waals surface area contributed by atoms with Gasteiger partial charge >= 0.3 is 24.3 Å². The molecule has 4 aromatic carbocycles. The molecule has 0 unspecified atom stereocenters. The summed E-state index contributed by atoms with van der Waals surface area (Å²) in [6.45, 7) is 13.6. The van der Waals surface area contributed by atoms with Crippen molar-refractivity contribution < 1.29 is 45.4 Å². The van der Waals surface area contributed by atoms with Crippen molar-refractivity contribution in [3.63, 3.8) is 0 Å². The van der Waals surface area contributed by atoms with Crippen molar-refractivity contribution in [3.8, 4) is 0 Å². The molecule has 0 aliphatic heterocycles. The Balaban J connectivity index is 0.000000206. The van der Waals surface area contributed by atoms with Crippen molar-refractivity contribution in [1.82, 2.24) is 19.1 Å². The summed E-state index contributed by atoms with van der Waals surface area (Å²) >= 11 is 0. The number of halogens is 6. The van der Waals surface area contributed by atoms with Gasteiger partial charge in [-0.3, -0.25) is 0 Å². The summed E-state index contributed by atoms with van der Waals surface area (Å²) in [6.07, 6.45) is 3.45. The molecule has 10 nitrogen and oxygen atoms in total. The normalized spacial score (nSPS) is 20.3. The SMILES string of the molecule is COC(=O)/C=C/c1ccc2c(c1)nc(Nc1ccc(C(F)(F)F)cc1)n2[C@@H]1C[C@H](C)CC(C)(C)C1.COC(=O)/C=C/c1ccc2c(c1)nc(Nc1ccc(C(F)(F)F)cc1)n2[C@H]1C[C@@H](C)CC(C)(C)C1. The molecule has 2 fully saturated rings. The molecule has 2 aromatic heterocycles. The molecule has 16 heteroatoms. The van der Waals surface area contributed by atoms with Gasteiger partial charge in [-0.15, -0.1) is 0 Å². The number of fused-ring (bicyclic) bond motifs is 2. The number of ether oxygens (including phenoxy) is 2. The first-order chi connectivity index (χ1) is 32.9. The molecule has 0 amide bonds. The van der Waals surface area contributed by atoms with Crippen molar-refractivity contribution in [1.29, 1.82) is 0 Å². The minimum Gasteiger partial charge on any atom is -0.466 e. The zero-order valence-corrected chi connectivity index (χ0v) is 40.6. The molecule has 0 bridgehead atoms. The molecule has 8 rings (SSSR count). The Hall–Kier alpha value is -6.58. The Labute approximate surface area is 404 Å². The zero-order valence-electron chi connectivity index (χ0n) is 40.6. The van der Waals surface area contributed by atoms with E-state index in [4.69, 9.17) is 9.97 Å². The minimum absolute atomic E-state index is 0.160. The Morgan fingerprint density at radius 2 is 0.943 bits per heavy atom. The van der Waals surface area contributed by atoms with E-state index in [0.717, 1.165) is 96.0 Å². The number of rotatable bonds is 10. The van der Waals surface area contributed by atoms with E-state index in [9.17, 15) is 35.9 Å². The first kappa shape index (κ1) is 51.3. The molecule has 2 aliphatic rings. The number of hydrogen-bond acceptors (Lipinski definition) is 8. The lowest BCUT2D eigenvalue weighted by molar-refractivity contribution is -0.138. The molecule has 70 heavy (non-hydrogen) atoms. The number of esters is 2. The maximum absolute atomic E-state index is 13.0. The van der Waals surface area contributed by atoms with Crippen LogP contribution in [0.25, 0.3) is 34.2 Å². The minimum atomic E-state index is -4.39. The van der Waals surface area contributed by atoms with Crippen LogP contribution in [0.2, 0.25) is 0 Å². The van der Waals surface area contributed by atoms with Gasteiger partial charge in [0.05, 0.1) is 47.4 Å². The number of carbonyl (C=O) groups excluding carboxylic acids is 2.